The van der Waals surface area contributed by atoms with Gasteiger partial charge in [-0.25, -0.2) is 0 Å². The van der Waals surface area contributed by atoms with Gasteiger partial charge in [0.25, 0.3) is 0 Å². The molecule has 0 saturated carbocycles. The molecule has 0 radical (unpaired) electrons. The smallest absolute Gasteiger partial charge is 0.220 e. The molecule has 1 fully saturated rings. The van der Waals surface area contributed by atoms with Crippen molar-refractivity contribution in [2.75, 3.05) is 46.3 Å². The van der Waals surface area contributed by atoms with Gasteiger partial charge in [-0.15, -0.1) is 0 Å². The fraction of sp³-hybridized carbons (Fsp3) is 0.588. The number of rotatable bonds is 7. The van der Waals surface area contributed by atoms with E-state index in [1.54, 1.807) is 0 Å². The molecule has 1 N–H and O–H groups in total. The van der Waals surface area contributed by atoms with Crippen molar-refractivity contribution in [1.82, 2.24) is 15.1 Å². The van der Waals surface area contributed by atoms with E-state index in [0.29, 0.717) is 6.42 Å². The predicted molar refractivity (Wildman–Crippen MR) is 91.3 cm³/mol. The van der Waals surface area contributed by atoms with Crippen LogP contribution >= 0.6 is 11.6 Å². The van der Waals surface area contributed by atoms with Crippen molar-refractivity contribution < 1.29 is 4.79 Å². The van der Waals surface area contributed by atoms with Gasteiger partial charge in [0.2, 0.25) is 5.91 Å². The van der Waals surface area contributed by atoms with Gasteiger partial charge in [0.15, 0.2) is 0 Å². The van der Waals surface area contributed by atoms with E-state index in [-0.39, 0.29) is 5.91 Å². The molecular formula is C17H26ClN3O. The van der Waals surface area contributed by atoms with E-state index in [2.05, 4.69) is 22.2 Å². The van der Waals surface area contributed by atoms with E-state index < -0.39 is 0 Å². The van der Waals surface area contributed by atoms with Gasteiger partial charge in [-0.1, -0.05) is 23.7 Å². The summed E-state index contributed by atoms with van der Waals surface area (Å²) in [7, 11) is 2.16. The van der Waals surface area contributed by atoms with Gasteiger partial charge in [-0.05, 0) is 44.1 Å². The third kappa shape index (κ3) is 6.34. The minimum atomic E-state index is 0.133. The Kier molecular flexibility index (Phi) is 7.16. The van der Waals surface area contributed by atoms with Crippen LogP contribution in [0.5, 0.6) is 0 Å². The lowest BCUT2D eigenvalue weighted by molar-refractivity contribution is -0.121. The second kappa shape index (κ2) is 9.13. The summed E-state index contributed by atoms with van der Waals surface area (Å²) in [6.45, 7) is 6.42. The zero-order valence-electron chi connectivity index (χ0n) is 13.4. The van der Waals surface area contributed by atoms with E-state index in [9.17, 15) is 4.79 Å². The zero-order chi connectivity index (χ0) is 15.8. The fourth-order valence-electron chi connectivity index (χ4n) is 2.60. The lowest BCUT2D eigenvalue weighted by atomic mass is 10.1. The molecule has 0 spiro atoms. The Balaban J connectivity index is 1.53. The molecule has 5 heteroatoms. The number of carbonyl (C=O) groups excluding carboxylic acids is 1. The summed E-state index contributed by atoms with van der Waals surface area (Å²) in [5.41, 5.74) is 1.15. The maximum Gasteiger partial charge on any atom is 0.220 e. The number of hydrogen-bond acceptors (Lipinski definition) is 3. The summed E-state index contributed by atoms with van der Waals surface area (Å²) in [6, 6.07) is 7.68. The molecule has 1 aromatic carbocycles. The molecule has 4 nitrogen and oxygen atoms in total. The molecule has 0 atom stereocenters. The lowest BCUT2D eigenvalue weighted by Crippen LogP contribution is -2.45. The summed E-state index contributed by atoms with van der Waals surface area (Å²) in [5.74, 6) is 0.133. The van der Waals surface area contributed by atoms with E-state index >= 15 is 0 Å². The van der Waals surface area contributed by atoms with Gasteiger partial charge in [0.1, 0.15) is 0 Å². The molecule has 2 rings (SSSR count). The van der Waals surface area contributed by atoms with Crippen LogP contribution in [-0.2, 0) is 11.2 Å². The topological polar surface area (TPSA) is 35.6 Å². The van der Waals surface area contributed by atoms with Crippen molar-refractivity contribution in [3.8, 4) is 0 Å². The van der Waals surface area contributed by atoms with Gasteiger partial charge in [0, 0.05) is 44.2 Å². The Labute approximate surface area is 138 Å². The second-order valence-electron chi connectivity index (χ2n) is 5.97. The van der Waals surface area contributed by atoms with E-state index in [1.807, 2.05) is 24.3 Å². The van der Waals surface area contributed by atoms with Crippen LogP contribution in [0.2, 0.25) is 5.02 Å². The number of aryl methyl sites for hydroxylation is 1. The molecule has 0 bridgehead atoms. The summed E-state index contributed by atoms with van der Waals surface area (Å²) < 4.78 is 0. The molecule has 0 aliphatic carbocycles. The monoisotopic (exact) mass is 323 g/mol. The SMILES string of the molecule is CN1CCN(CCCNC(=O)CCc2ccc(Cl)cc2)CC1. The van der Waals surface area contributed by atoms with Gasteiger partial charge < -0.3 is 15.1 Å². The maximum absolute atomic E-state index is 11.8. The molecule has 1 aromatic rings. The van der Waals surface area contributed by atoms with Crippen LogP contribution in [0.15, 0.2) is 24.3 Å². The number of nitrogens with one attached hydrogen (secondary N) is 1. The van der Waals surface area contributed by atoms with Crippen LogP contribution in [0.3, 0.4) is 0 Å². The zero-order valence-corrected chi connectivity index (χ0v) is 14.1. The highest BCUT2D eigenvalue weighted by atomic mass is 35.5. The number of hydrogen-bond donors (Lipinski definition) is 1. The van der Waals surface area contributed by atoms with E-state index in [4.69, 9.17) is 11.6 Å². The minimum absolute atomic E-state index is 0.133. The van der Waals surface area contributed by atoms with Crippen molar-refractivity contribution >= 4 is 17.5 Å². The van der Waals surface area contributed by atoms with Crippen LogP contribution < -0.4 is 5.32 Å². The fourth-order valence-corrected chi connectivity index (χ4v) is 2.73. The first-order valence-electron chi connectivity index (χ1n) is 8.05. The van der Waals surface area contributed by atoms with Gasteiger partial charge in [0.05, 0.1) is 0 Å². The standard InChI is InChI=1S/C17H26ClN3O/c1-20-11-13-21(14-12-20)10-2-9-19-17(22)8-5-15-3-6-16(18)7-4-15/h3-4,6-7H,2,5,8-14H2,1H3,(H,19,22). The van der Waals surface area contributed by atoms with Gasteiger partial charge in [-0.3, -0.25) is 4.79 Å². The Morgan fingerprint density at radius 3 is 2.55 bits per heavy atom. The molecule has 122 valence electrons. The van der Waals surface area contributed by atoms with Crippen LogP contribution in [0.1, 0.15) is 18.4 Å². The number of benzene rings is 1. The van der Waals surface area contributed by atoms with Crippen molar-refractivity contribution in [1.29, 1.82) is 0 Å². The average molecular weight is 324 g/mol. The minimum Gasteiger partial charge on any atom is -0.356 e. The maximum atomic E-state index is 11.8. The first kappa shape index (κ1) is 17.3. The summed E-state index contributed by atoms with van der Waals surface area (Å²) in [5, 5.41) is 3.74. The van der Waals surface area contributed by atoms with Crippen molar-refractivity contribution in [2.45, 2.75) is 19.3 Å². The normalized spacial score (nSPS) is 16.6. The molecule has 1 aliphatic rings. The molecule has 1 heterocycles. The third-order valence-electron chi connectivity index (χ3n) is 4.12. The number of piperazine rings is 1. The Bertz CT molecular complexity index is 455. The summed E-state index contributed by atoms with van der Waals surface area (Å²) in [4.78, 5) is 16.6. The predicted octanol–water partition coefficient (Wildman–Crippen LogP) is 2.03. The largest absolute Gasteiger partial charge is 0.356 e. The average Bonchev–Trinajstić information content (AvgIpc) is 2.53. The van der Waals surface area contributed by atoms with Crippen molar-refractivity contribution in [2.24, 2.45) is 0 Å². The van der Waals surface area contributed by atoms with Crippen LogP contribution in [0.25, 0.3) is 0 Å². The first-order valence-corrected chi connectivity index (χ1v) is 8.43. The van der Waals surface area contributed by atoms with Crippen LogP contribution in [-0.4, -0.2) is 62.0 Å². The summed E-state index contributed by atoms with van der Waals surface area (Å²) >= 11 is 5.84. The summed E-state index contributed by atoms with van der Waals surface area (Å²) in [6.07, 6.45) is 2.33. The molecule has 0 unspecified atom stereocenters. The third-order valence-corrected chi connectivity index (χ3v) is 4.38. The van der Waals surface area contributed by atoms with Gasteiger partial charge in [-0.2, -0.15) is 0 Å². The quantitative estimate of drug-likeness (QED) is 0.780. The highest BCUT2D eigenvalue weighted by molar-refractivity contribution is 6.30. The highest BCUT2D eigenvalue weighted by Crippen LogP contribution is 2.10. The van der Waals surface area contributed by atoms with Crippen molar-refractivity contribution in [3.63, 3.8) is 0 Å². The first-order chi connectivity index (χ1) is 10.6. The number of halogens is 1. The van der Waals surface area contributed by atoms with Crippen LogP contribution in [0.4, 0.5) is 0 Å². The number of amides is 1. The van der Waals surface area contributed by atoms with E-state index in [1.165, 1.54) is 0 Å². The Morgan fingerprint density at radius 2 is 1.86 bits per heavy atom. The van der Waals surface area contributed by atoms with E-state index in [0.717, 1.165) is 62.7 Å². The number of nitrogens with zero attached hydrogens (tertiary/aromatic N) is 2. The Hall–Kier alpha value is -1.10. The second-order valence-corrected chi connectivity index (χ2v) is 6.41. The lowest BCUT2D eigenvalue weighted by Gasteiger charge is -2.32. The number of likely N-dealkylation sites (N-methyl/N-ethyl adjacent to an activating group) is 1. The van der Waals surface area contributed by atoms with Crippen LogP contribution in [0, 0.1) is 0 Å². The number of carbonyl (C=O) groups is 1. The molecule has 1 aliphatic heterocycles. The molecule has 22 heavy (non-hydrogen) atoms. The molecule has 0 aromatic heterocycles. The molecular weight excluding hydrogens is 298 g/mol. The highest BCUT2D eigenvalue weighted by Gasteiger charge is 2.12. The molecule has 1 amide bonds. The van der Waals surface area contributed by atoms with Crippen molar-refractivity contribution in [3.05, 3.63) is 34.9 Å². The molecule has 1 saturated heterocycles. The van der Waals surface area contributed by atoms with Gasteiger partial charge >= 0.3 is 0 Å². The Morgan fingerprint density at radius 1 is 1.18 bits per heavy atom.